The Morgan fingerprint density at radius 2 is 1.93 bits per heavy atom. The Kier molecular flexibility index (Phi) is 5.12. The van der Waals surface area contributed by atoms with Crippen LogP contribution in [-0.4, -0.2) is 43.5 Å². The second kappa shape index (κ2) is 7.46. The number of aromatic nitrogens is 4. The summed E-state index contributed by atoms with van der Waals surface area (Å²) in [5.74, 6) is -0.273. The number of likely N-dealkylation sites (tertiary alicyclic amines) is 1. The quantitative estimate of drug-likeness (QED) is 0.548. The lowest BCUT2D eigenvalue weighted by Gasteiger charge is -2.32. The minimum Gasteiger partial charge on any atom is -0.337 e. The van der Waals surface area contributed by atoms with Crippen molar-refractivity contribution in [2.45, 2.75) is 24.9 Å². The summed E-state index contributed by atoms with van der Waals surface area (Å²) in [5, 5.41) is 8.38. The first-order chi connectivity index (χ1) is 13.7. The molecular formula is C18H14Cl2F3N5O. The van der Waals surface area contributed by atoms with Gasteiger partial charge in [-0.2, -0.15) is 13.2 Å². The summed E-state index contributed by atoms with van der Waals surface area (Å²) in [4.78, 5) is 18.4. The van der Waals surface area contributed by atoms with Crippen LogP contribution in [0.4, 0.5) is 13.2 Å². The third kappa shape index (κ3) is 3.89. The van der Waals surface area contributed by atoms with Crippen LogP contribution in [0, 0.1) is 0 Å². The van der Waals surface area contributed by atoms with E-state index in [0.717, 1.165) is 12.3 Å². The van der Waals surface area contributed by atoms with Gasteiger partial charge in [-0.05, 0) is 37.1 Å². The van der Waals surface area contributed by atoms with Crippen LogP contribution in [0.5, 0.6) is 0 Å². The number of hydrogen-bond donors (Lipinski definition) is 0. The predicted molar refractivity (Wildman–Crippen MR) is 100 cm³/mol. The molecule has 0 aromatic carbocycles. The van der Waals surface area contributed by atoms with Gasteiger partial charge in [0.15, 0.2) is 5.65 Å². The van der Waals surface area contributed by atoms with Crippen molar-refractivity contribution >= 4 is 34.8 Å². The molecule has 0 bridgehead atoms. The zero-order chi connectivity index (χ0) is 20.8. The van der Waals surface area contributed by atoms with Gasteiger partial charge < -0.3 is 4.90 Å². The van der Waals surface area contributed by atoms with Crippen molar-refractivity contribution in [1.29, 1.82) is 0 Å². The molecule has 4 heterocycles. The fourth-order valence-electron chi connectivity index (χ4n) is 3.44. The van der Waals surface area contributed by atoms with E-state index in [1.165, 1.54) is 22.6 Å². The van der Waals surface area contributed by atoms with Crippen LogP contribution in [-0.2, 0) is 6.18 Å². The van der Waals surface area contributed by atoms with Crippen molar-refractivity contribution in [3.8, 4) is 0 Å². The molecule has 3 aromatic heterocycles. The zero-order valence-electron chi connectivity index (χ0n) is 14.8. The van der Waals surface area contributed by atoms with E-state index in [0.29, 0.717) is 30.9 Å². The van der Waals surface area contributed by atoms with Crippen LogP contribution in [0.3, 0.4) is 0 Å². The summed E-state index contributed by atoms with van der Waals surface area (Å²) in [6.45, 7) is 0.741. The monoisotopic (exact) mass is 443 g/mol. The molecule has 1 atom stereocenters. The maximum Gasteiger partial charge on any atom is 0.417 e. The molecule has 0 spiro atoms. The number of alkyl halides is 3. The summed E-state index contributed by atoms with van der Waals surface area (Å²) in [7, 11) is 0. The van der Waals surface area contributed by atoms with Crippen LogP contribution in [0.2, 0.25) is 10.2 Å². The summed E-state index contributed by atoms with van der Waals surface area (Å²) in [5.41, 5.74) is -0.425. The number of piperidine rings is 1. The number of fused-ring (bicyclic) bond motifs is 1. The van der Waals surface area contributed by atoms with E-state index in [1.54, 1.807) is 4.90 Å². The molecule has 152 valence electrons. The highest BCUT2D eigenvalue weighted by Crippen LogP contribution is 2.32. The van der Waals surface area contributed by atoms with Gasteiger partial charge in [0.25, 0.3) is 5.91 Å². The Labute approximate surface area is 173 Å². The second-order valence-corrected chi connectivity index (χ2v) is 7.55. The van der Waals surface area contributed by atoms with Crippen LogP contribution in [0.1, 0.15) is 40.6 Å². The Morgan fingerprint density at radius 1 is 1.14 bits per heavy atom. The van der Waals surface area contributed by atoms with Crippen molar-refractivity contribution in [2.24, 2.45) is 0 Å². The van der Waals surface area contributed by atoms with Gasteiger partial charge in [0.2, 0.25) is 0 Å². The van der Waals surface area contributed by atoms with Crippen molar-refractivity contribution in [1.82, 2.24) is 24.5 Å². The van der Waals surface area contributed by atoms with Gasteiger partial charge in [-0.3, -0.25) is 9.20 Å². The van der Waals surface area contributed by atoms with E-state index in [2.05, 4.69) is 15.2 Å². The molecule has 6 nitrogen and oxygen atoms in total. The molecule has 1 unspecified atom stereocenters. The van der Waals surface area contributed by atoms with Gasteiger partial charge in [-0.25, -0.2) is 4.98 Å². The first-order valence-corrected chi connectivity index (χ1v) is 9.53. The van der Waals surface area contributed by atoms with E-state index >= 15 is 0 Å². The number of rotatable bonds is 2. The van der Waals surface area contributed by atoms with Crippen LogP contribution in [0.15, 0.2) is 30.5 Å². The van der Waals surface area contributed by atoms with Crippen molar-refractivity contribution in [2.75, 3.05) is 13.1 Å². The smallest absolute Gasteiger partial charge is 0.337 e. The molecular weight excluding hydrogens is 430 g/mol. The number of nitrogens with zero attached hydrogens (tertiary/aromatic N) is 5. The van der Waals surface area contributed by atoms with Gasteiger partial charge >= 0.3 is 6.18 Å². The average Bonchev–Trinajstić information content (AvgIpc) is 3.12. The minimum absolute atomic E-state index is 0.0466. The largest absolute Gasteiger partial charge is 0.417 e. The number of hydrogen-bond acceptors (Lipinski definition) is 4. The van der Waals surface area contributed by atoms with Gasteiger partial charge in [0.05, 0.1) is 10.6 Å². The molecule has 1 fully saturated rings. The number of carbonyl (C=O) groups is 1. The van der Waals surface area contributed by atoms with Gasteiger partial charge in [0.1, 0.15) is 16.7 Å². The van der Waals surface area contributed by atoms with E-state index in [-0.39, 0.29) is 34.2 Å². The summed E-state index contributed by atoms with van der Waals surface area (Å²) >= 11 is 12.0. The molecule has 1 amide bonds. The molecule has 4 rings (SSSR count). The van der Waals surface area contributed by atoms with Crippen molar-refractivity contribution in [3.63, 3.8) is 0 Å². The molecule has 0 saturated carbocycles. The number of pyridine rings is 2. The van der Waals surface area contributed by atoms with E-state index < -0.39 is 11.7 Å². The average molecular weight is 444 g/mol. The lowest BCUT2D eigenvalue weighted by Crippen LogP contribution is -2.40. The zero-order valence-corrected chi connectivity index (χ0v) is 16.3. The Hall–Kier alpha value is -2.39. The number of amides is 1. The Morgan fingerprint density at radius 3 is 2.69 bits per heavy atom. The van der Waals surface area contributed by atoms with E-state index in [9.17, 15) is 18.0 Å². The topological polar surface area (TPSA) is 63.4 Å². The van der Waals surface area contributed by atoms with Crippen molar-refractivity contribution < 1.29 is 18.0 Å². The fourth-order valence-corrected chi connectivity index (χ4v) is 3.78. The highest BCUT2D eigenvalue weighted by Gasteiger charge is 2.33. The predicted octanol–water partition coefficient (Wildman–Crippen LogP) is 4.47. The fraction of sp³-hybridized carbons (Fsp3) is 0.333. The highest BCUT2D eigenvalue weighted by atomic mass is 35.5. The van der Waals surface area contributed by atoms with Gasteiger partial charge in [0, 0.05) is 25.2 Å². The van der Waals surface area contributed by atoms with E-state index in [1.807, 2.05) is 0 Å². The molecule has 11 heteroatoms. The first kappa shape index (κ1) is 19.9. The van der Waals surface area contributed by atoms with Gasteiger partial charge in [-0.1, -0.05) is 23.2 Å². The Balaban J connectivity index is 1.63. The third-order valence-electron chi connectivity index (χ3n) is 4.84. The standard InChI is InChI=1S/C18H14Cl2F3N5O/c19-12-4-5-13(20)24-15(12)17(29)27-7-1-2-10(8-27)16-26-25-14-6-3-11(9-28(14)16)18(21,22)23/h3-6,9-10H,1-2,7-8H2. The molecule has 0 aliphatic carbocycles. The second-order valence-electron chi connectivity index (χ2n) is 6.76. The summed E-state index contributed by atoms with van der Waals surface area (Å²) in [6, 6.07) is 5.23. The SMILES string of the molecule is O=C(c1nc(Cl)ccc1Cl)N1CCCC(c2nnc3ccc(C(F)(F)F)cn23)C1. The number of halogens is 5. The first-order valence-electron chi connectivity index (χ1n) is 8.77. The van der Waals surface area contributed by atoms with Crippen LogP contribution >= 0.6 is 23.2 Å². The maximum absolute atomic E-state index is 13.1. The molecule has 0 radical (unpaired) electrons. The summed E-state index contributed by atoms with van der Waals surface area (Å²) < 4.78 is 40.6. The normalized spacial score (nSPS) is 17.7. The molecule has 1 saturated heterocycles. The van der Waals surface area contributed by atoms with Gasteiger partial charge in [-0.15, -0.1) is 10.2 Å². The molecule has 1 aliphatic rings. The summed E-state index contributed by atoms with van der Waals surface area (Å²) in [6.07, 6.45) is -2.17. The highest BCUT2D eigenvalue weighted by molar-refractivity contribution is 6.34. The van der Waals surface area contributed by atoms with Crippen LogP contribution in [0.25, 0.3) is 5.65 Å². The lowest BCUT2D eigenvalue weighted by atomic mass is 9.97. The van der Waals surface area contributed by atoms with Crippen molar-refractivity contribution in [3.05, 3.63) is 57.7 Å². The molecule has 3 aromatic rings. The maximum atomic E-state index is 13.1. The lowest BCUT2D eigenvalue weighted by molar-refractivity contribution is -0.137. The van der Waals surface area contributed by atoms with Crippen LogP contribution < -0.4 is 0 Å². The number of carbonyl (C=O) groups excluding carboxylic acids is 1. The Bertz CT molecular complexity index is 1090. The third-order valence-corrected chi connectivity index (χ3v) is 5.36. The molecule has 29 heavy (non-hydrogen) atoms. The minimum atomic E-state index is -4.47. The molecule has 1 aliphatic heterocycles. The van der Waals surface area contributed by atoms with E-state index in [4.69, 9.17) is 23.2 Å². The molecule has 0 N–H and O–H groups in total.